The van der Waals surface area contributed by atoms with E-state index in [2.05, 4.69) is 4.72 Å². The van der Waals surface area contributed by atoms with Gasteiger partial charge in [-0.2, -0.15) is 0 Å². The van der Waals surface area contributed by atoms with Gasteiger partial charge in [0.05, 0.1) is 10.7 Å². The van der Waals surface area contributed by atoms with Crippen molar-refractivity contribution in [1.29, 1.82) is 0 Å². The summed E-state index contributed by atoms with van der Waals surface area (Å²) in [6.07, 6.45) is 0. The molecular formula is C13H12Cl2N2O2S. The summed E-state index contributed by atoms with van der Waals surface area (Å²) in [5, 5.41) is 0.282. The number of nitrogen functional groups attached to an aromatic ring is 1. The molecule has 0 saturated heterocycles. The van der Waals surface area contributed by atoms with Gasteiger partial charge in [0.15, 0.2) is 0 Å². The van der Waals surface area contributed by atoms with Gasteiger partial charge in [-0.1, -0.05) is 53.5 Å². The molecule has 20 heavy (non-hydrogen) atoms. The maximum Gasteiger partial charge on any atom is 0.244 e. The monoisotopic (exact) mass is 330 g/mol. The van der Waals surface area contributed by atoms with Gasteiger partial charge in [0, 0.05) is 11.6 Å². The Hall–Kier alpha value is -1.27. The Morgan fingerprint density at radius 2 is 1.75 bits per heavy atom. The van der Waals surface area contributed by atoms with Crippen LogP contribution in [0, 0.1) is 0 Å². The molecule has 0 fully saturated rings. The molecule has 0 bridgehead atoms. The van der Waals surface area contributed by atoms with Gasteiger partial charge in [-0.15, -0.1) is 0 Å². The minimum Gasteiger partial charge on any atom is -0.398 e. The van der Waals surface area contributed by atoms with Gasteiger partial charge >= 0.3 is 0 Å². The predicted octanol–water partition coefficient (Wildman–Crippen LogP) is 3.05. The molecule has 0 radical (unpaired) electrons. The summed E-state index contributed by atoms with van der Waals surface area (Å²) in [6, 6.07) is 11.8. The summed E-state index contributed by atoms with van der Waals surface area (Å²) in [4.78, 5) is -0.153. The first-order chi connectivity index (χ1) is 9.40. The summed E-state index contributed by atoms with van der Waals surface area (Å²) in [5.41, 5.74) is 6.54. The number of hydrogen-bond donors (Lipinski definition) is 2. The molecule has 2 aromatic carbocycles. The van der Waals surface area contributed by atoms with Crippen LogP contribution >= 0.6 is 23.2 Å². The molecule has 0 aliphatic rings. The molecule has 2 aromatic rings. The Morgan fingerprint density at radius 3 is 2.35 bits per heavy atom. The van der Waals surface area contributed by atoms with Crippen LogP contribution in [0.25, 0.3) is 0 Å². The molecule has 0 amide bonds. The van der Waals surface area contributed by atoms with Gasteiger partial charge in [-0.25, -0.2) is 13.1 Å². The summed E-state index contributed by atoms with van der Waals surface area (Å²) >= 11 is 11.7. The van der Waals surface area contributed by atoms with Crippen molar-refractivity contribution in [1.82, 2.24) is 4.72 Å². The number of nitrogens with two attached hydrogens (primary N) is 1. The first kappa shape index (κ1) is 15.1. The standard InChI is InChI=1S/C13H12Cl2N2O2S/c14-10-6-11(15)13(12(16)7-10)20(18,19)17-8-9-4-2-1-3-5-9/h1-7,17H,8,16H2. The van der Waals surface area contributed by atoms with Crippen molar-refractivity contribution in [3.05, 3.63) is 58.1 Å². The third-order valence-electron chi connectivity index (χ3n) is 2.61. The fourth-order valence-electron chi connectivity index (χ4n) is 1.71. The Morgan fingerprint density at radius 1 is 1.10 bits per heavy atom. The molecule has 3 N–H and O–H groups in total. The van der Waals surface area contributed by atoms with Crippen molar-refractivity contribution in [2.45, 2.75) is 11.4 Å². The average molecular weight is 331 g/mol. The molecule has 106 valence electrons. The van der Waals surface area contributed by atoms with Gasteiger partial charge in [-0.3, -0.25) is 0 Å². The molecule has 0 unspecified atom stereocenters. The van der Waals surface area contributed by atoms with Gasteiger partial charge < -0.3 is 5.73 Å². The van der Waals surface area contributed by atoms with Crippen LogP contribution in [0.15, 0.2) is 47.4 Å². The molecule has 0 aliphatic heterocycles. The van der Waals surface area contributed by atoms with Crippen LogP contribution in [0.5, 0.6) is 0 Å². The van der Waals surface area contributed by atoms with E-state index in [4.69, 9.17) is 28.9 Å². The number of benzene rings is 2. The molecule has 0 atom stereocenters. The maximum absolute atomic E-state index is 12.2. The van der Waals surface area contributed by atoms with Crippen molar-refractivity contribution in [2.75, 3.05) is 5.73 Å². The molecular weight excluding hydrogens is 319 g/mol. The zero-order valence-corrected chi connectivity index (χ0v) is 12.6. The van der Waals surface area contributed by atoms with Crippen LogP contribution in [0.1, 0.15) is 5.56 Å². The second-order valence-electron chi connectivity index (χ2n) is 4.12. The highest BCUT2D eigenvalue weighted by molar-refractivity contribution is 7.89. The van der Waals surface area contributed by atoms with E-state index < -0.39 is 10.0 Å². The molecule has 7 heteroatoms. The van der Waals surface area contributed by atoms with Crippen molar-refractivity contribution >= 4 is 38.9 Å². The fraction of sp³-hybridized carbons (Fsp3) is 0.0769. The van der Waals surface area contributed by atoms with E-state index in [1.807, 2.05) is 30.3 Å². The number of sulfonamides is 1. The van der Waals surface area contributed by atoms with Crippen LogP contribution in [0.2, 0.25) is 10.0 Å². The van der Waals surface area contributed by atoms with Crippen LogP contribution in [0.3, 0.4) is 0 Å². The zero-order chi connectivity index (χ0) is 14.8. The quantitative estimate of drug-likeness (QED) is 0.846. The smallest absolute Gasteiger partial charge is 0.244 e. The Balaban J connectivity index is 2.28. The molecule has 0 saturated carbocycles. The first-order valence-electron chi connectivity index (χ1n) is 5.68. The van der Waals surface area contributed by atoms with Gasteiger partial charge in [0.1, 0.15) is 4.90 Å². The lowest BCUT2D eigenvalue weighted by Gasteiger charge is -2.11. The number of hydrogen-bond acceptors (Lipinski definition) is 3. The lowest BCUT2D eigenvalue weighted by Crippen LogP contribution is -2.24. The Kier molecular flexibility index (Phi) is 4.55. The van der Waals surface area contributed by atoms with Crippen molar-refractivity contribution in [3.63, 3.8) is 0 Å². The predicted molar refractivity (Wildman–Crippen MR) is 81.3 cm³/mol. The van der Waals surface area contributed by atoms with Crippen LogP contribution < -0.4 is 10.5 Å². The molecule has 0 aliphatic carbocycles. The molecule has 0 aromatic heterocycles. The highest BCUT2D eigenvalue weighted by Gasteiger charge is 2.21. The Bertz CT molecular complexity index is 695. The van der Waals surface area contributed by atoms with Gasteiger partial charge in [-0.05, 0) is 17.7 Å². The molecule has 0 heterocycles. The summed E-state index contributed by atoms with van der Waals surface area (Å²) in [7, 11) is -3.80. The van der Waals surface area contributed by atoms with E-state index in [0.717, 1.165) is 5.56 Å². The van der Waals surface area contributed by atoms with E-state index >= 15 is 0 Å². The lowest BCUT2D eigenvalue weighted by atomic mass is 10.2. The number of nitrogens with one attached hydrogen (secondary N) is 1. The van der Waals surface area contributed by atoms with Gasteiger partial charge in [0.2, 0.25) is 10.0 Å². The second-order valence-corrected chi connectivity index (χ2v) is 6.66. The molecule has 4 nitrogen and oxygen atoms in total. The SMILES string of the molecule is Nc1cc(Cl)cc(Cl)c1S(=O)(=O)NCc1ccccc1. The topological polar surface area (TPSA) is 72.2 Å². The van der Waals surface area contributed by atoms with Crippen LogP contribution in [-0.2, 0) is 16.6 Å². The number of rotatable bonds is 4. The van der Waals surface area contributed by atoms with Crippen molar-refractivity contribution < 1.29 is 8.42 Å². The largest absolute Gasteiger partial charge is 0.398 e. The van der Waals surface area contributed by atoms with Crippen LogP contribution in [-0.4, -0.2) is 8.42 Å². The van der Waals surface area contributed by atoms with Crippen molar-refractivity contribution in [2.24, 2.45) is 0 Å². The number of anilines is 1. The fourth-order valence-corrected chi connectivity index (χ4v) is 3.71. The minimum absolute atomic E-state index is 0.00411. The lowest BCUT2D eigenvalue weighted by molar-refractivity contribution is 0.582. The van der Waals surface area contributed by atoms with E-state index in [-0.39, 0.29) is 27.2 Å². The average Bonchev–Trinajstić information content (AvgIpc) is 2.36. The highest BCUT2D eigenvalue weighted by atomic mass is 35.5. The van der Waals surface area contributed by atoms with E-state index in [1.165, 1.54) is 12.1 Å². The van der Waals surface area contributed by atoms with E-state index in [0.29, 0.717) is 0 Å². The van der Waals surface area contributed by atoms with E-state index in [1.54, 1.807) is 0 Å². The summed E-state index contributed by atoms with van der Waals surface area (Å²) < 4.78 is 26.9. The third kappa shape index (κ3) is 3.43. The minimum atomic E-state index is -3.80. The summed E-state index contributed by atoms with van der Waals surface area (Å²) in [6.45, 7) is 0.154. The third-order valence-corrected chi connectivity index (χ3v) is 4.76. The second kappa shape index (κ2) is 6.01. The van der Waals surface area contributed by atoms with E-state index in [9.17, 15) is 8.42 Å². The molecule has 2 rings (SSSR count). The summed E-state index contributed by atoms with van der Waals surface area (Å²) in [5.74, 6) is 0. The Labute approximate surface area is 127 Å². The zero-order valence-electron chi connectivity index (χ0n) is 10.3. The number of halogens is 2. The van der Waals surface area contributed by atoms with Gasteiger partial charge in [0.25, 0.3) is 0 Å². The van der Waals surface area contributed by atoms with Crippen LogP contribution in [0.4, 0.5) is 5.69 Å². The van der Waals surface area contributed by atoms with Crippen molar-refractivity contribution in [3.8, 4) is 0 Å². The normalized spacial score (nSPS) is 11.5. The molecule has 0 spiro atoms. The first-order valence-corrected chi connectivity index (χ1v) is 7.92. The maximum atomic E-state index is 12.2. The highest BCUT2D eigenvalue weighted by Crippen LogP contribution is 2.31.